The minimum Gasteiger partial charge on any atom is -0.353 e. The van der Waals surface area contributed by atoms with Crippen LogP contribution in [0, 0.1) is 6.92 Å². The molecule has 1 aliphatic carbocycles. The highest BCUT2D eigenvalue weighted by atomic mass is 16.2. The van der Waals surface area contributed by atoms with Crippen LogP contribution in [-0.4, -0.2) is 55.4 Å². The second kappa shape index (κ2) is 11.8. The lowest BCUT2D eigenvalue weighted by atomic mass is 10.1. The number of carbonyl (C=O) groups excluding carboxylic acids is 3. The molecular formula is C29H30N8O3. The lowest BCUT2D eigenvalue weighted by Crippen LogP contribution is -2.36. The summed E-state index contributed by atoms with van der Waals surface area (Å²) in [5, 5.41) is 18.0. The van der Waals surface area contributed by atoms with Gasteiger partial charge in [0.15, 0.2) is 0 Å². The van der Waals surface area contributed by atoms with Gasteiger partial charge in [-0.3, -0.25) is 23.7 Å². The van der Waals surface area contributed by atoms with Gasteiger partial charge in [-0.2, -0.15) is 10.2 Å². The number of nitrogens with one attached hydrogen (secondary N) is 3. The predicted molar refractivity (Wildman–Crippen MR) is 151 cm³/mol. The van der Waals surface area contributed by atoms with Crippen LogP contribution in [-0.2, 0) is 23.2 Å². The number of carbonyl (C=O) groups is 3. The Labute approximate surface area is 231 Å². The smallest absolute Gasteiger partial charge is 0.274 e. The first-order valence-electron chi connectivity index (χ1n) is 13.0. The highest BCUT2D eigenvalue weighted by Crippen LogP contribution is 2.22. The molecule has 0 unspecified atom stereocenters. The number of fused-ring (bicyclic) bond motifs is 1. The molecule has 11 nitrogen and oxygen atoms in total. The largest absolute Gasteiger partial charge is 0.353 e. The fraction of sp³-hybridized carbons (Fsp3) is 0.241. The number of allylic oxidation sites excluding steroid dienone is 2. The molecule has 1 aliphatic rings. The van der Waals surface area contributed by atoms with E-state index in [9.17, 15) is 14.4 Å². The summed E-state index contributed by atoms with van der Waals surface area (Å²) >= 11 is 0. The summed E-state index contributed by atoms with van der Waals surface area (Å²) in [5.41, 5.74) is 4.60. The molecule has 0 bridgehead atoms. The molecule has 3 N–H and O–H groups in total. The molecule has 0 radical (unpaired) electrons. The molecule has 40 heavy (non-hydrogen) atoms. The molecule has 0 aliphatic heterocycles. The first-order chi connectivity index (χ1) is 19.4. The normalized spacial score (nSPS) is 12.7. The molecule has 3 heterocycles. The van der Waals surface area contributed by atoms with Crippen LogP contribution >= 0.6 is 0 Å². The zero-order chi connectivity index (χ0) is 28.1. The van der Waals surface area contributed by atoms with Crippen molar-refractivity contribution in [1.29, 1.82) is 0 Å². The first kappa shape index (κ1) is 26.5. The second-order valence-corrected chi connectivity index (χ2v) is 9.51. The van der Waals surface area contributed by atoms with E-state index in [2.05, 4.69) is 31.1 Å². The molecule has 3 aromatic heterocycles. The van der Waals surface area contributed by atoms with Crippen LogP contribution in [0.25, 0.3) is 22.2 Å². The predicted octanol–water partition coefficient (Wildman–Crippen LogP) is 2.90. The maximum absolute atomic E-state index is 12.9. The minimum atomic E-state index is -0.336. The molecule has 0 spiro atoms. The van der Waals surface area contributed by atoms with Gasteiger partial charge in [-0.15, -0.1) is 0 Å². The van der Waals surface area contributed by atoms with Crippen molar-refractivity contribution in [1.82, 2.24) is 35.2 Å². The number of aryl methyl sites for hydroxylation is 2. The number of rotatable bonds is 9. The maximum Gasteiger partial charge on any atom is 0.274 e. The molecule has 0 atom stereocenters. The van der Waals surface area contributed by atoms with E-state index in [1.165, 1.54) is 0 Å². The van der Waals surface area contributed by atoms with Crippen molar-refractivity contribution in [2.45, 2.75) is 26.3 Å². The fourth-order valence-corrected chi connectivity index (χ4v) is 4.46. The summed E-state index contributed by atoms with van der Waals surface area (Å²) in [5.74, 6) is -0.696. The topological polar surface area (TPSA) is 136 Å². The van der Waals surface area contributed by atoms with E-state index in [4.69, 9.17) is 0 Å². The number of benzene rings is 1. The SMILES string of the molecule is Cc1nn(C)cc1-c1cccc(C(=O)Nc2ccc3nn(CC(=O)NCCNC(=O)C4=CCCC=C4)cc3c2)n1. The van der Waals surface area contributed by atoms with E-state index in [0.717, 1.165) is 29.5 Å². The Bertz CT molecular complexity index is 1650. The van der Waals surface area contributed by atoms with Crippen LogP contribution < -0.4 is 16.0 Å². The second-order valence-electron chi connectivity index (χ2n) is 9.51. The van der Waals surface area contributed by atoms with Crippen LogP contribution in [0.1, 0.15) is 29.0 Å². The summed E-state index contributed by atoms with van der Waals surface area (Å²) in [6.07, 6.45) is 11.1. The highest BCUT2D eigenvalue weighted by Gasteiger charge is 2.14. The lowest BCUT2D eigenvalue weighted by Gasteiger charge is -2.09. The van der Waals surface area contributed by atoms with E-state index in [1.807, 2.05) is 44.5 Å². The summed E-state index contributed by atoms with van der Waals surface area (Å²) < 4.78 is 3.26. The quantitative estimate of drug-likeness (QED) is 0.281. The number of anilines is 1. The van der Waals surface area contributed by atoms with Gasteiger partial charge in [0, 0.05) is 54.7 Å². The van der Waals surface area contributed by atoms with Crippen molar-refractivity contribution in [2.24, 2.45) is 7.05 Å². The van der Waals surface area contributed by atoms with Gasteiger partial charge < -0.3 is 16.0 Å². The molecule has 4 aromatic rings. The highest BCUT2D eigenvalue weighted by molar-refractivity contribution is 6.04. The van der Waals surface area contributed by atoms with Gasteiger partial charge in [0.05, 0.1) is 16.9 Å². The zero-order valence-corrected chi connectivity index (χ0v) is 22.3. The van der Waals surface area contributed by atoms with Crippen LogP contribution in [0.5, 0.6) is 0 Å². The third kappa shape index (κ3) is 6.32. The standard InChI is InChI=1S/C29H30N8O3/c1-19-23(17-36(2)34-19)25-9-6-10-26(33-25)29(40)32-22-11-12-24-21(15-22)16-37(35-24)18-27(38)30-13-14-31-28(39)20-7-4-3-5-8-20/h4,6-12,15-17H,3,5,13-14,18H2,1-2H3,(H,30,38)(H,31,39)(H,32,40). The monoisotopic (exact) mass is 538 g/mol. The lowest BCUT2D eigenvalue weighted by molar-refractivity contribution is -0.122. The number of pyridine rings is 1. The molecule has 0 fully saturated rings. The average molecular weight is 539 g/mol. The Kier molecular flexibility index (Phi) is 7.81. The summed E-state index contributed by atoms with van der Waals surface area (Å²) in [6, 6.07) is 10.6. The number of hydrogen-bond donors (Lipinski definition) is 3. The Balaban J connectivity index is 1.15. The zero-order valence-electron chi connectivity index (χ0n) is 22.3. The molecule has 204 valence electrons. The molecule has 0 saturated carbocycles. The molecule has 1 aromatic carbocycles. The van der Waals surface area contributed by atoms with Crippen LogP contribution in [0.2, 0.25) is 0 Å². The van der Waals surface area contributed by atoms with Crippen molar-refractivity contribution in [3.8, 4) is 11.3 Å². The van der Waals surface area contributed by atoms with E-state index in [-0.39, 0.29) is 30.0 Å². The van der Waals surface area contributed by atoms with Crippen LogP contribution in [0.3, 0.4) is 0 Å². The molecule has 11 heteroatoms. The minimum absolute atomic E-state index is 0.0304. The van der Waals surface area contributed by atoms with Gasteiger partial charge in [0.1, 0.15) is 12.2 Å². The summed E-state index contributed by atoms with van der Waals surface area (Å²) in [7, 11) is 1.84. The summed E-state index contributed by atoms with van der Waals surface area (Å²) in [4.78, 5) is 41.9. The Morgan fingerprint density at radius 3 is 2.60 bits per heavy atom. The van der Waals surface area contributed by atoms with E-state index < -0.39 is 0 Å². The van der Waals surface area contributed by atoms with Gasteiger partial charge in [0.25, 0.3) is 11.8 Å². The maximum atomic E-state index is 12.9. The Hall–Kier alpha value is -5.06. The van der Waals surface area contributed by atoms with Gasteiger partial charge >= 0.3 is 0 Å². The number of nitrogens with zero attached hydrogens (tertiary/aromatic N) is 5. The van der Waals surface area contributed by atoms with Crippen molar-refractivity contribution in [2.75, 3.05) is 18.4 Å². The molecular weight excluding hydrogens is 508 g/mol. The van der Waals surface area contributed by atoms with Gasteiger partial charge in [-0.05, 0) is 50.1 Å². The number of hydrogen-bond acceptors (Lipinski definition) is 6. The summed E-state index contributed by atoms with van der Waals surface area (Å²) in [6.45, 7) is 2.58. The Morgan fingerprint density at radius 1 is 0.975 bits per heavy atom. The van der Waals surface area contributed by atoms with Gasteiger partial charge in [-0.25, -0.2) is 4.98 Å². The number of amides is 3. The Morgan fingerprint density at radius 2 is 1.82 bits per heavy atom. The van der Waals surface area contributed by atoms with E-state index in [1.54, 1.807) is 45.9 Å². The fourth-order valence-electron chi connectivity index (χ4n) is 4.46. The molecule has 5 rings (SSSR count). The van der Waals surface area contributed by atoms with Crippen molar-refractivity contribution in [3.63, 3.8) is 0 Å². The molecule has 3 amide bonds. The van der Waals surface area contributed by atoms with Gasteiger partial charge in [0.2, 0.25) is 5.91 Å². The average Bonchev–Trinajstić information content (AvgIpc) is 3.52. The van der Waals surface area contributed by atoms with Crippen LogP contribution in [0.4, 0.5) is 5.69 Å². The number of aromatic nitrogens is 5. The first-order valence-corrected chi connectivity index (χ1v) is 13.0. The van der Waals surface area contributed by atoms with Crippen molar-refractivity contribution in [3.05, 3.63) is 84.0 Å². The third-order valence-corrected chi connectivity index (χ3v) is 6.38. The van der Waals surface area contributed by atoms with Crippen molar-refractivity contribution < 1.29 is 14.4 Å². The van der Waals surface area contributed by atoms with Gasteiger partial charge in [-0.1, -0.05) is 24.3 Å². The molecule has 0 saturated heterocycles. The third-order valence-electron chi connectivity index (χ3n) is 6.38. The van der Waals surface area contributed by atoms with Crippen LogP contribution in [0.15, 0.2) is 72.6 Å². The van der Waals surface area contributed by atoms with E-state index >= 15 is 0 Å². The van der Waals surface area contributed by atoms with E-state index in [0.29, 0.717) is 35.6 Å². The van der Waals surface area contributed by atoms with Crippen molar-refractivity contribution >= 4 is 34.3 Å².